The molecule has 0 saturated heterocycles. The van der Waals surface area contributed by atoms with E-state index >= 15 is 0 Å². The molecule has 1 aromatic rings. The van der Waals surface area contributed by atoms with Crippen LogP contribution in [-0.2, 0) is 26.7 Å². The second-order valence-corrected chi connectivity index (χ2v) is 16.3. The molecule has 33 heavy (non-hydrogen) atoms. The molecule has 0 saturated carbocycles. The van der Waals surface area contributed by atoms with Crippen LogP contribution in [-0.4, -0.2) is 46.8 Å². The highest BCUT2D eigenvalue weighted by atomic mass is 32.2. The van der Waals surface area contributed by atoms with E-state index in [0.717, 1.165) is 6.07 Å². The van der Waals surface area contributed by atoms with Crippen molar-refractivity contribution in [2.45, 2.75) is 44.1 Å². The smallest absolute Gasteiger partial charge is 0.376 e. The van der Waals surface area contributed by atoms with Crippen LogP contribution in [0.15, 0.2) is 30.4 Å². The average Bonchev–Trinajstić information content (AvgIpc) is 2.58. The van der Waals surface area contributed by atoms with Crippen LogP contribution in [0.3, 0.4) is 0 Å². The molecule has 1 aromatic carbocycles. The van der Waals surface area contributed by atoms with Gasteiger partial charge in [-0.05, 0) is 17.7 Å². The van der Waals surface area contributed by atoms with E-state index in [1.807, 2.05) is 0 Å². The SMILES string of the molecule is C=C(C)C#CCN(Cc1cccc([Si](C)(C)C)c1OS(=O)(=O)C(F)(F)F)S(=O)(=O)C(F)(F)F. The summed E-state index contributed by atoms with van der Waals surface area (Å²) in [5.41, 5.74) is -11.8. The van der Waals surface area contributed by atoms with Crippen molar-refractivity contribution in [3.63, 3.8) is 0 Å². The lowest BCUT2D eigenvalue weighted by atomic mass is 10.2. The molecule has 6 nitrogen and oxygen atoms in total. The molecule has 1 rings (SSSR count). The van der Waals surface area contributed by atoms with E-state index in [1.165, 1.54) is 19.1 Å². The van der Waals surface area contributed by atoms with Gasteiger partial charge in [0.1, 0.15) is 5.75 Å². The first kappa shape index (κ1) is 29.0. The van der Waals surface area contributed by atoms with Crippen LogP contribution in [0.5, 0.6) is 5.75 Å². The molecule has 0 N–H and O–H groups in total. The molecule has 0 aliphatic carbocycles. The van der Waals surface area contributed by atoms with Crippen molar-refractivity contribution in [2.24, 2.45) is 0 Å². The lowest BCUT2D eigenvalue weighted by Gasteiger charge is -2.26. The van der Waals surface area contributed by atoms with Crippen LogP contribution in [0.2, 0.25) is 19.6 Å². The maximum absolute atomic E-state index is 13.2. The first-order valence-electron chi connectivity index (χ1n) is 8.95. The van der Waals surface area contributed by atoms with Gasteiger partial charge in [0.25, 0.3) is 0 Å². The topological polar surface area (TPSA) is 80.8 Å². The van der Waals surface area contributed by atoms with Gasteiger partial charge in [0, 0.05) is 12.1 Å². The summed E-state index contributed by atoms with van der Waals surface area (Å²) >= 11 is 0. The predicted molar refractivity (Wildman–Crippen MR) is 113 cm³/mol. The number of sulfonamides is 1. The first-order valence-corrected chi connectivity index (χ1v) is 15.3. The number of halogens is 6. The largest absolute Gasteiger partial charge is 0.534 e. The number of para-hydroxylation sites is 1. The van der Waals surface area contributed by atoms with E-state index in [1.54, 1.807) is 19.6 Å². The average molecular weight is 538 g/mol. The maximum Gasteiger partial charge on any atom is 0.534 e. The lowest BCUT2D eigenvalue weighted by molar-refractivity contribution is -0.0500. The number of alkyl halides is 6. The van der Waals surface area contributed by atoms with E-state index in [0.29, 0.717) is 0 Å². The molecule has 0 spiro atoms. The molecule has 0 aliphatic rings. The van der Waals surface area contributed by atoms with Gasteiger partial charge < -0.3 is 4.18 Å². The first-order chi connectivity index (χ1) is 14.6. The standard InChI is InChI=1S/C18H21F6NO5S2Si/c1-13(2)8-7-11-25(31(26,27)17(19,20)21)12-14-9-6-10-15(33(3,4)5)16(14)30-32(28,29)18(22,23)24/h6,9-10H,1,11-12H2,2-5H3. The predicted octanol–water partition coefficient (Wildman–Crippen LogP) is 3.69. The molecule has 0 atom stereocenters. The summed E-state index contributed by atoms with van der Waals surface area (Å²) < 4.78 is 130. The number of nitrogens with zero attached hydrogens (tertiary/aromatic N) is 1. The zero-order chi connectivity index (χ0) is 26.0. The zero-order valence-electron chi connectivity index (χ0n) is 17.9. The summed E-state index contributed by atoms with van der Waals surface area (Å²) in [6, 6.07) is 3.52. The van der Waals surface area contributed by atoms with Crippen LogP contribution < -0.4 is 9.37 Å². The zero-order valence-corrected chi connectivity index (χ0v) is 20.6. The molecular weight excluding hydrogens is 516 g/mol. The Bertz CT molecular complexity index is 1170. The summed E-state index contributed by atoms with van der Waals surface area (Å²) in [4.78, 5) is 0. The third kappa shape index (κ3) is 7.23. The van der Waals surface area contributed by atoms with Crippen LogP contribution >= 0.6 is 0 Å². The highest BCUT2D eigenvalue weighted by Crippen LogP contribution is 2.32. The summed E-state index contributed by atoms with van der Waals surface area (Å²) in [6.07, 6.45) is 0. The molecule has 0 bridgehead atoms. The number of allylic oxidation sites excluding steroid dienone is 1. The Kier molecular flexibility index (Phi) is 8.51. The number of hydrogen-bond donors (Lipinski definition) is 0. The van der Waals surface area contributed by atoms with Crippen molar-refractivity contribution in [1.29, 1.82) is 0 Å². The molecule has 15 heteroatoms. The Balaban J connectivity index is 3.74. The van der Waals surface area contributed by atoms with Gasteiger partial charge in [0.15, 0.2) is 0 Å². The quantitative estimate of drug-likeness (QED) is 0.174. The third-order valence-electron chi connectivity index (χ3n) is 3.92. The van der Waals surface area contributed by atoms with Crippen molar-refractivity contribution >= 4 is 33.4 Å². The Morgan fingerprint density at radius 3 is 2.03 bits per heavy atom. The fraction of sp³-hybridized carbons (Fsp3) is 0.444. The van der Waals surface area contributed by atoms with Crippen LogP contribution in [0, 0.1) is 11.8 Å². The second kappa shape index (κ2) is 9.69. The van der Waals surface area contributed by atoms with Gasteiger partial charge in [-0.1, -0.05) is 56.3 Å². The highest BCUT2D eigenvalue weighted by Gasteiger charge is 2.51. The lowest BCUT2D eigenvalue weighted by Crippen LogP contribution is -2.43. The van der Waals surface area contributed by atoms with E-state index in [-0.39, 0.29) is 15.1 Å². The minimum Gasteiger partial charge on any atom is -0.376 e. The monoisotopic (exact) mass is 537 g/mol. The fourth-order valence-corrected chi connectivity index (χ4v) is 5.31. The fourth-order valence-electron chi connectivity index (χ4n) is 2.40. The molecule has 0 radical (unpaired) electrons. The van der Waals surface area contributed by atoms with Crippen molar-refractivity contribution in [1.82, 2.24) is 4.31 Å². The van der Waals surface area contributed by atoms with Gasteiger partial charge in [-0.25, -0.2) is 8.42 Å². The van der Waals surface area contributed by atoms with E-state index in [4.69, 9.17) is 0 Å². The Morgan fingerprint density at radius 1 is 1.06 bits per heavy atom. The van der Waals surface area contributed by atoms with Crippen LogP contribution in [0.1, 0.15) is 12.5 Å². The second-order valence-electron chi connectivity index (χ2n) is 7.83. The third-order valence-corrected chi connectivity index (χ3v) is 8.40. The van der Waals surface area contributed by atoms with Crippen molar-refractivity contribution in [3.8, 4) is 17.6 Å². The summed E-state index contributed by atoms with van der Waals surface area (Å²) in [5, 5.41) is 0.0326. The van der Waals surface area contributed by atoms with Crippen molar-refractivity contribution in [2.75, 3.05) is 6.54 Å². The normalized spacial score (nSPS) is 13.4. The van der Waals surface area contributed by atoms with Crippen molar-refractivity contribution < 1.29 is 47.4 Å². The van der Waals surface area contributed by atoms with Gasteiger partial charge in [0.05, 0.1) is 14.6 Å². The van der Waals surface area contributed by atoms with Gasteiger partial charge in [0.2, 0.25) is 0 Å². The van der Waals surface area contributed by atoms with Crippen LogP contribution in [0.25, 0.3) is 0 Å². The van der Waals surface area contributed by atoms with E-state index in [2.05, 4.69) is 22.6 Å². The molecule has 186 valence electrons. The summed E-state index contributed by atoms with van der Waals surface area (Å²) in [6.45, 7) is 7.57. The molecule has 0 aliphatic heterocycles. The van der Waals surface area contributed by atoms with E-state index in [9.17, 15) is 43.2 Å². The van der Waals surface area contributed by atoms with Gasteiger partial charge in [-0.3, -0.25) is 0 Å². The Labute approximate surface area is 189 Å². The van der Waals surface area contributed by atoms with Crippen molar-refractivity contribution in [3.05, 3.63) is 35.9 Å². The molecule has 0 unspecified atom stereocenters. The minimum atomic E-state index is -6.19. The molecule has 0 fully saturated rings. The maximum atomic E-state index is 13.2. The number of benzene rings is 1. The van der Waals surface area contributed by atoms with Crippen LogP contribution in [0.4, 0.5) is 26.3 Å². The molecule has 0 heterocycles. The van der Waals surface area contributed by atoms with Gasteiger partial charge in [-0.2, -0.15) is 39.1 Å². The highest BCUT2D eigenvalue weighted by molar-refractivity contribution is 7.90. The van der Waals surface area contributed by atoms with Gasteiger partial charge in [-0.15, -0.1) is 0 Å². The number of rotatable bonds is 7. The molecule has 0 amide bonds. The molecular formula is C18H21F6NO5S2Si. The van der Waals surface area contributed by atoms with E-state index < -0.39 is 63.6 Å². The Morgan fingerprint density at radius 2 is 1.61 bits per heavy atom. The summed E-state index contributed by atoms with van der Waals surface area (Å²) in [5.74, 6) is 3.64. The number of hydrogen-bond acceptors (Lipinski definition) is 5. The van der Waals surface area contributed by atoms with Gasteiger partial charge >= 0.3 is 31.2 Å². The summed E-state index contributed by atoms with van der Waals surface area (Å²) in [7, 11) is -14.8. The minimum absolute atomic E-state index is 0.0326. The Hall–Kier alpha value is -2.02. The molecule has 0 aromatic heterocycles.